The van der Waals surface area contributed by atoms with Crippen molar-refractivity contribution in [3.05, 3.63) is 0 Å². The van der Waals surface area contributed by atoms with Gasteiger partial charge in [0, 0.05) is 19.1 Å². The molecule has 0 aromatic heterocycles. The topological polar surface area (TPSA) is 15.3 Å². The van der Waals surface area contributed by atoms with Gasteiger partial charge in [-0.1, -0.05) is 47.0 Å². The van der Waals surface area contributed by atoms with E-state index in [9.17, 15) is 0 Å². The maximum Gasteiger partial charge on any atom is 0.00953 e. The Kier molecular flexibility index (Phi) is 7.25. The van der Waals surface area contributed by atoms with Crippen LogP contribution < -0.4 is 5.32 Å². The van der Waals surface area contributed by atoms with Crippen molar-refractivity contribution in [2.45, 2.75) is 72.3 Å². The number of hydrogen-bond donors (Lipinski definition) is 1. The van der Waals surface area contributed by atoms with E-state index in [-0.39, 0.29) is 0 Å². The molecule has 0 heterocycles. The minimum atomic E-state index is 0.434. The van der Waals surface area contributed by atoms with Crippen LogP contribution in [0.1, 0.15) is 66.2 Å². The zero-order valence-corrected chi connectivity index (χ0v) is 13.1. The molecule has 0 radical (unpaired) electrons. The van der Waals surface area contributed by atoms with Crippen LogP contribution in [-0.2, 0) is 0 Å². The molecule has 108 valence electrons. The first-order valence-electron chi connectivity index (χ1n) is 8.10. The van der Waals surface area contributed by atoms with E-state index in [1.807, 2.05) is 0 Å². The van der Waals surface area contributed by atoms with E-state index in [1.165, 1.54) is 51.6 Å². The standard InChI is InChI=1S/C16H34N2/c1-5-16(4,13-17-6-2)14-18(7-3)15-11-9-8-10-12-15/h15,17H,5-14H2,1-4H3. The molecule has 1 unspecified atom stereocenters. The summed E-state index contributed by atoms with van der Waals surface area (Å²) in [5, 5.41) is 3.55. The van der Waals surface area contributed by atoms with Crippen LogP contribution >= 0.6 is 0 Å². The van der Waals surface area contributed by atoms with E-state index >= 15 is 0 Å². The zero-order valence-electron chi connectivity index (χ0n) is 13.1. The van der Waals surface area contributed by atoms with Crippen LogP contribution in [0.5, 0.6) is 0 Å². The monoisotopic (exact) mass is 254 g/mol. The van der Waals surface area contributed by atoms with Crippen LogP contribution in [0.15, 0.2) is 0 Å². The minimum absolute atomic E-state index is 0.434. The van der Waals surface area contributed by atoms with Gasteiger partial charge in [0.1, 0.15) is 0 Å². The van der Waals surface area contributed by atoms with Gasteiger partial charge in [-0.15, -0.1) is 0 Å². The molecule has 0 bridgehead atoms. The molecule has 1 saturated carbocycles. The third-order valence-corrected chi connectivity index (χ3v) is 4.74. The molecule has 18 heavy (non-hydrogen) atoms. The van der Waals surface area contributed by atoms with Gasteiger partial charge >= 0.3 is 0 Å². The van der Waals surface area contributed by atoms with Gasteiger partial charge in [-0.05, 0) is 37.8 Å². The lowest BCUT2D eigenvalue weighted by Gasteiger charge is -2.40. The number of nitrogens with zero attached hydrogens (tertiary/aromatic N) is 1. The minimum Gasteiger partial charge on any atom is -0.316 e. The van der Waals surface area contributed by atoms with Gasteiger partial charge in [-0.25, -0.2) is 0 Å². The Bertz CT molecular complexity index is 211. The van der Waals surface area contributed by atoms with Gasteiger partial charge in [-0.3, -0.25) is 0 Å². The van der Waals surface area contributed by atoms with Crippen molar-refractivity contribution in [3.8, 4) is 0 Å². The maximum absolute atomic E-state index is 3.55. The molecule has 1 fully saturated rings. The van der Waals surface area contributed by atoms with E-state index in [2.05, 4.69) is 37.9 Å². The van der Waals surface area contributed by atoms with Crippen molar-refractivity contribution in [3.63, 3.8) is 0 Å². The highest BCUT2D eigenvalue weighted by Crippen LogP contribution is 2.27. The molecule has 0 amide bonds. The summed E-state index contributed by atoms with van der Waals surface area (Å²) < 4.78 is 0. The molecule has 1 aliphatic carbocycles. The maximum atomic E-state index is 3.55. The van der Waals surface area contributed by atoms with Gasteiger partial charge in [0.2, 0.25) is 0 Å². The quantitative estimate of drug-likeness (QED) is 0.711. The fourth-order valence-electron chi connectivity index (χ4n) is 3.16. The first-order valence-corrected chi connectivity index (χ1v) is 8.10. The molecule has 2 nitrogen and oxygen atoms in total. The largest absolute Gasteiger partial charge is 0.316 e. The van der Waals surface area contributed by atoms with E-state index in [1.54, 1.807) is 0 Å². The second kappa shape index (κ2) is 8.16. The molecule has 0 aromatic carbocycles. The average Bonchev–Trinajstić information content (AvgIpc) is 2.43. The van der Waals surface area contributed by atoms with Gasteiger partial charge in [0.15, 0.2) is 0 Å². The predicted octanol–water partition coefficient (Wildman–Crippen LogP) is 3.67. The molecule has 1 N–H and O–H groups in total. The fourth-order valence-corrected chi connectivity index (χ4v) is 3.16. The highest BCUT2D eigenvalue weighted by Gasteiger charge is 2.28. The molecule has 0 saturated heterocycles. The van der Waals surface area contributed by atoms with Crippen molar-refractivity contribution in [1.82, 2.24) is 10.2 Å². The van der Waals surface area contributed by atoms with Crippen LogP contribution in [0.4, 0.5) is 0 Å². The molecular formula is C16H34N2. The van der Waals surface area contributed by atoms with Crippen LogP contribution in [-0.4, -0.2) is 37.1 Å². The van der Waals surface area contributed by atoms with Crippen molar-refractivity contribution in [2.24, 2.45) is 5.41 Å². The SMILES string of the molecule is CCNCC(C)(CC)CN(CC)C1CCCCC1. The third-order valence-electron chi connectivity index (χ3n) is 4.74. The normalized spacial score (nSPS) is 21.2. The summed E-state index contributed by atoms with van der Waals surface area (Å²) in [6.07, 6.45) is 8.46. The predicted molar refractivity (Wildman–Crippen MR) is 81.1 cm³/mol. The fraction of sp³-hybridized carbons (Fsp3) is 1.00. The molecule has 1 aliphatic rings. The van der Waals surface area contributed by atoms with Crippen molar-refractivity contribution >= 4 is 0 Å². The number of hydrogen-bond acceptors (Lipinski definition) is 2. The lowest BCUT2D eigenvalue weighted by atomic mass is 9.85. The van der Waals surface area contributed by atoms with E-state index < -0.39 is 0 Å². The summed E-state index contributed by atoms with van der Waals surface area (Å²) in [5.41, 5.74) is 0.434. The van der Waals surface area contributed by atoms with Crippen LogP contribution in [0.2, 0.25) is 0 Å². The Balaban J connectivity index is 2.52. The first kappa shape index (κ1) is 16.0. The number of nitrogens with one attached hydrogen (secondary N) is 1. The Morgan fingerprint density at radius 1 is 1.11 bits per heavy atom. The van der Waals surface area contributed by atoms with Gasteiger partial charge in [0.25, 0.3) is 0 Å². The smallest absolute Gasteiger partial charge is 0.00953 e. The lowest BCUT2D eigenvalue weighted by molar-refractivity contribution is 0.0976. The summed E-state index contributed by atoms with van der Waals surface area (Å²) >= 11 is 0. The molecular weight excluding hydrogens is 220 g/mol. The molecule has 0 aromatic rings. The van der Waals surface area contributed by atoms with Crippen LogP contribution in [0.25, 0.3) is 0 Å². The van der Waals surface area contributed by atoms with Gasteiger partial charge in [-0.2, -0.15) is 0 Å². The summed E-state index contributed by atoms with van der Waals surface area (Å²) in [5.74, 6) is 0. The van der Waals surface area contributed by atoms with Crippen molar-refractivity contribution in [2.75, 3.05) is 26.2 Å². The Morgan fingerprint density at radius 2 is 1.78 bits per heavy atom. The highest BCUT2D eigenvalue weighted by molar-refractivity contribution is 4.83. The molecule has 0 spiro atoms. The first-order chi connectivity index (χ1) is 8.65. The van der Waals surface area contributed by atoms with Crippen LogP contribution in [0, 0.1) is 5.41 Å². The Labute approximate surface area is 115 Å². The lowest BCUT2D eigenvalue weighted by Crippen LogP contribution is -2.46. The second-order valence-electron chi connectivity index (χ2n) is 6.30. The summed E-state index contributed by atoms with van der Waals surface area (Å²) in [6.45, 7) is 14.0. The third kappa shape index (κ3) is 4.89. The van der Waals surface area contributed by atoms with Crippen LogP contribution in [0.3, 0.4) is 0 Å². The molecule has 2 heteroatoms. The van der Waals surface area contributed by atoms with Gasteiger partial charge in [0.05, 0.1) is 0 Å². The Morgan fingerprint density at radius 3 is 2.28 bits per heavy atom. The zero-order chi connectivity index (χ0) is 13.4. The van der Waals surface area contributed by atoms with E-state index in [4.69, 9.17) is 0 Å². The molecule has 1 atom stereocenters. The van der Waals surface area contributed by atoms with E-state index in [0.717, 1.165) is 19.1 Å². The highest BCUT2D eigenvalue weighted by atomic mass is 15.2. The Hall–Kier alpha value is -0.0800. The van der Waals surface area contributed by atoms with Gasteiger partial charge < -0.3 is 10.2 Å². The van der Waals surface area contributed by atoms with Crippen molar-refractivity contribution < 1.29 is 0 Å². The summed E-state index contributed by atoms with van der Waals surface area (Å²) in [4.78, 5) is 2.75. The molecule has 0 aliphatic heterocycles. The van der Waals surface area contributed by atoms with E-state index in [0.29, 0.717) is 5.41 Å². The van der Waals surface area contributed by atoms with Crippen molar-refractivity contribution in [1.29, 1.82) is 0 Å². The average molecular weight is 254 g/mol. The summed E-state index contributed by atoms with van der Waals surface area (Å²) in [6, 6.07) is 0.858. The number of rotatable bonds is 8. The summed E-state index contributed by atoms with van der Waals surface area (Å²) in [7, 11) is 0. The second-order valence-corrected chi connectivity index (χ2v) is 6.30. The molecule has 1 rings (SSSR count).